The fourth-order valence-electron chi connectivity index (χ4n) is 3.03. The van der Waals surface area contributed by atoms with Crippen LogP contribution in [0.2, 0.25) is 5.02 Å². The lowest BCUT2D eigenvalue weighted by atomic mass is 9.99. The summed E-state index contributed by atoms with van der Waals surface area (Å²) >= 11 is 5.57. The van der Waals surface area contributed by atoms with Crippen molar-refractivity contribution >= 4 is 17.3 Å². The highest BCUT2D eigenvalue weighted by atomic mass is 35.5. The normalized spacial score (nSPS) is 13.0. The second-order valence-corrected chi connectivity index (χ2v) is 7.88. The van der Waals surface area contributed by atoms with E-state index in [2.05, 4.69) is 5.32 Å². The third-order valence-corrected chi connectivity index (χ3v) is 5.18. The molecule has 0 bridgehead atoms. The fourth-order valence-corrected chi connectivity index (χ4v) is 3.26. The van der Waals surface area contributed by atoms with E-state index < -0.39 is 40.3 Å². The molecule has 0 atom stereocenters. The lowest BCUT2D eigenvalue weighted by Crippen LogP contribution is -2.50. The average Bonchev–Trinajstić information content (AvgIpc) is 2.78. The van der Waals surface area contributed by atoms with Crippen molar-refractivity contribution in [2.24, 2.45) is 0 Å². The first-order valence-electron chi connectivity index (χ1n) is 9.82. The van der Waals surface area contributed by atoms with Gasteiger partial charge in [0.15, 0.2) is 0 Å². The Balaban J connectivity index is 1.75. The first-order chi connectivity index (χ1) is 16.5. The largest absolute Gasteiger partial charge is 0.460 e. The van der Waals surface area contributed by atoms with Gasteiger partial charge in [-0.1, -0.05) is 35.9 Å². The Morgan fingerprint density at radius 2 is 1.36 bits per heavy atom. The van der Waals surface area contributed by atoms with Crippen LogP contribution in [0.3, 0.4) is 0 Å². The molecule has 0 saturated heterocycles. The summed E-state index contributed by atoms with van der Waals surface area (Å²) in [5.41, 5.74) is -2.38. The third-order valence-electron chi connectivity index (χ3n) is 4.85. The van der Waals surface area contributed by atoms with Crippen molar-refractivity contribution in [3.8, 4) is 11.5 Å². The van der Waals surface area contributed by atoms with Crippen LogP contribution in [-0.2, 0) is 18.6 Å². The molecule has 194 valence electrons. The summed E-state index contributed by atoms with van der Waals surface area (Å²) < 4.78 is 136. The van der Waals surface area contributed by atoms with E-state index in [4.69, 9.17) is 16.3 Å². The topological polar surface area (TPSA) is 21.3 Å². The van der Waals surface area contributed by atoms with Gasteiger partial charge in [-0.05, 0) is 42.0 Å². The van der Waals surface area contributed by atoms with Crippen LogP contribution < -0.4 is 10.1 Å². The van der Waals surface area contributed by atoms with Crippen molar-refractivity contribution in [3.63, 3.8) is 0 Å². The van der Waals surface area contributed by atoms with Crippen LogP contribution in [-0.4, -0.2) is 12.1 Å². The van der Waals surface area contributed by atoms with Gasteiger partial charge in [0.2, 0.25) is 0 Å². The molecule has 13 heteroatoms. The summed E-state index contributed by atoms with van der Waals surface area (Å²) in [6, 6.07) is 11.7. The number of alkyl halides is 10. The lowest BCUT2D eigenvalue weighted by molar-refractivity contribution is -0.359. The van der Waals surface area contributed by atoms with Gasteiger partial charge < -0.3 is 10.1 Å². The van der Waals surface area contributed by atoms with E-state index in [1.807, 2.05) is 0 Å². The molecule has 3 aromatic rings. The zero-order valence-electron chi connectivity index (χ0n) is 17.6. The number of rotatable bonds is 7. The molecule has 0 radical (unpaired) electrons. The molecule has 0 unspecified atom stereocenters. The van der Waals surface area contributed by atoms with Gasteiger partial charge in [0.05, 0.1) is 10.6 Å². The Labute approximate surface area is 202 Å². The second kappa shape index (κ2) is 9.72. The van der Waals surface area contributed by atoms with Crippen molar-refractivity contribution < 1.29 is 48.6 Å². The summed E-state index contributed by atoms with van der Waals surface area (Å²) in [7, 11) is 0. The number of hydrogen-bond acceptors (Lipinski definition) is 2. The summed E-state index contributed by atoms with van der Waals surface area (Å²) in [5.74, 6) is -11.9. The summed E-state index contributed by atoms with van der Waals surface area (Å²) in [4.78, 5) is 0. The first-order valence-corrected chi connectivity index (χ1v) is 10.2. The molecule has 0 aromatic heterocycles. The minimum atomic E-state index is -6.46. The van der Waals surface area contributed by atoms with Gasteiger partial charge in [-0.2, -0.15) is 43.9 Å². The van der Waals surface area contributed by atoms with Crippen molar-refractivity contribution in [1.29, 1.82) is 0 Å². The smallest absolute Gasteiger partial charge is 0.457 e. The van der Waals surface area contributed by atoms with Crippen molar-refractivity contribution in [2.75, 3.05) is 5.32 Å². The zero-order valence-corrected chi connectivity index (χ0v) is 18.4. The Morgan fingerprint density at radius 1 is 0.722 bits per heavy atom. The van der Waals surface area contributed by atoms with Crippen LogP contribution in [0, 0.1) is 0 Å². The highest BCUT2D eigenvalue weighted by Gasteiger charge is 2.73. The van der Waals surface area contributed by atoms with Gasteiger partial charge in [-0.3, -0.25) is 0 Å². The molecule has 0 heterocycles. The number of anilines is 1. The molecule has 0 aliphatic rings. The van der Waals surface area contributed by atoms with Gasteiger partial charge in [-0.15, -0.1) is 0 Å². The van der Waals surface area contributed by atoms with E-state index >= 15 is 0 Å². The molecule has 2 nitrogen and oxygen atoms in total. The molecule has 1 N–H and O–H groups in total. The lowest BCUT2D eigenvalue weighted by Gasteiger charge is -2.28. The van der Waals surface area contributed by atoms with Crippen LogP contribution in [0.25, 0.3) is 0 Å². The van der Waals surface area contributed by atoms with Crippen LogP contribution in [0.1, 0.15) is 16.7 Å². The summed E-state index contributed by atoms with van der Waals surface area (Å²) in [6.45, 7) is -0.260. The molecule has 36 heavy (non-hydrogen) atoms. The van der Waals surface area contributed by atoms with Crippen LogP contribution in [0.5, 0.6) is 11.5 Å². The molecule has 0 aliphatic heterocycles. The zero-order chi connectivity index (χ0) is 26.9. The summed E-state index contributed by atoms with van der Waals surface area (Å²) in [6.07, 6.45) is -11.2. The first kappa shape index (κ1) is 27.4. The minimum Gasteiger partial charge on any atom is -0.457 e. The number of halogens is 11. The quantitative estimate of drug-likeness (QED) is 0.299. The van der Waals surface area contributed by atoms with E-state index in [0.29, 0.717) is 18.2 Å². The molecule has 0 spiro atoms. The Hall–Kier alpha value is -3.15. The molecule has 3 aromatic carbocycles. The number of benzene rings is 3. The predicted octanol–water partition coefficient (Wildman–Crippen LogP) is 9.05. The van der Waals surface area contributed by atoms with Gasteiger partial charge >= 0.3 is 24.2 Å². The standard InChI is InChI=1S/C23H14ClF10NO/c24-19-8-7-17(11-18(19)21(27,28)29)36-16-6-2-5-15(10-16)35-12-13-3-1-4-14(9-13)20(25,26)22(30,31)23(32,33)34/h1-11,35H,12H2. The summed E-state index contributed by atoms with van der Waals surface area (Å²) in [5, 5.41) is 2.22. The molecular formula is C23H14ClF10NO. The maximum Gasteiger partial charge on any atom is 0.460 e. The van der Waals surface area contributed by atoms with E-state index in [9.17, 15) is 43.9 Å². The van der Waals surface area contributed by atoms with Crippen molar-refractivity contribution in [2.45, 2.75) is 30.7 Å². The Morgan fingerprint density at radius 3 is 2.00 bits per heavy atom. The molecule has 0 saturated carbocycles. The van der Waals surface area contributed by atoms with E-state index in [1.165, 1.54) is 36.4 Å². The van der Waals surface area contributed by atoms with Crippen LogP contribution in [0.4, 0.5) is 49.6 Å². The molecule has 0 aliphatic carbocycles. The van der Waals surface area contributed by atoms with Gasteiger partial charge in [0.25, 0.3) is 0 Å². The third kappa shape index (κ3) is 5.80. The number of nitrogens with one attached hydrogen (secondary N) is 1. The van der Waals surface area contributed by atoms with Crippen molar-refractivity contribution in [3.05, 3.63) is 88.4 Å². The monoisotopic (exact) mass is 545 g/mol. The predicted molar refractivity (Wildman–Crippen MR) is 112 cm³/mol. The average molecular weight is 546 g/mol. The number of ether oxygens (including phenoxy) is 1. The maximum atomic E-state index is 14.0. The molecule has 0 fully saturated rings. The van der Waals surface area contributed by atoms with E-state index in [0.717, 1.165) is 12.1 Å². The molecule has 0 amide bonds. The van der Waals surface area contributed by atoms with Gasteiger partial charge in [0.1, 0.15) is 11.5 Å². The van der Waals surface area contributed by atoms with E-state index in [-0.39, 0.29) is 29.3 Å². The highest BCUT2D eigenvalue weighted by molar-refractivity contribution is 6.31. The SMILES string of the molecule is FC(F)(F)c1cc(Oc2cccc(NCc3cccc(C(F)(F)C(F)(F)C(F)(F)F)c3)c2)ccc1Cl. The van der Waals surface area contributed by atoms with Gasteiger partial charge in [0, 0.05) is 23.9 Å². The maximum absolute atomic E-state index is 14.0. The van der Waals surface area contributed by atoms with Crippen molar-refractivity contribution in [1.82, 2.24) is 0 Å². The van der Waals surface area contributed by atoms with Crippen LogP contribution in [0.15, 0.2) is 66.7 Å². The minimum absolute atomic E-state index is 0.0380. The number of hydrogen-bond donors (Lipinski definition) is 1. The second-order valence-electron chi connectivity index (χ2n) is 7.47. The highest BCUT2D eigenvalue weighted by Crippen LogP contribution is 2.51. The molecule has 3 rings (SSSR count). The Kier molecular flexibility index (Phi) is 7.41. The molecular weight excluding hydrogens is 532 g/mol. The van der Waals surface area contributed by atoms with Gasteiger partial charge in [-0.25, -0.2) is 0 Å². The Bertz CT molecular complexity index is 1220. The fraction of sp³-hybridized carbons (Fsp3) is 0.217. The van der Waals surface area contributed by atoms with E-state index in [1.54, 1.807) is 0 Å². The van der Waals surface area contributed by atoms with Crippen LogP contribution >= 0.6 is 11.6 Å².